The number of anilines is 1. The highest BCUT2D eigenvalue weighted by Gasteiger charge is 2.17. The van der Waals surface area contributed by atoms with Gasteiger partial charge in [0.15, 0.2) is 0 Å². The molecule has 114 valence electrons. The molecule has 7 nitrogen and oxygen atoms in total. The molecule has 0 saturated carbocycles. The largest absolute Gasteiger partial charge is 0.378 e. The van der Waals surface area contributed by atoms with Crippen LogP contribution in [0.1, 0.15) is 26.6 Å². The molecule has 1 aromatic carbocycles. The molecule has 3 rings (SSSR count). The number of benzene rings is 1. The Bertz CT molecular complexity index is 720. The molecule has 0 unspecified atom stereocenters. The monoisotopic (exact) mass is 297 g/mol. The van der Waals surface area contributed by atoms with Gasteiger partial charge in [-0.05, 0) is 45.0 Å². The first-order valence-corrected chi connectivity index (χ1v) is 7.12. The summed E-state index contributed by atoms with van der Waals surface area (Å²) in [4.78, 5) is 8.26. The highest BCUT2D eigenvalue weighted by molar-refractivity contribution is 5.48. The van der Waals surface area contributed by atoms with Crippen LogP contribution in [0.3, 0.4) is 0 Å². The minimum atomic E-state index is -0.0789. The van der Waals surface area contributed by atoms with E-state index in [2.05, 4.69) is 46.3 Å². The predicted molar refractivity (Wildman–Crippen MR) is 83.7 cm³/mol. The van der Waals surface area contributed by atoms with E-state index in [1.54, 1.807) is 17.3 Å². The van der Waals surface area contributed by atoms with Crippen LogP contribution in [0.25, 0.3) is 5.69 Å². The zero-order valence-corrected chi connectivity index (χ0v) is 12.9. The van der Waals surface area contributed by atoms with E-state index in [9.17, 15) is 0 Å². The van der Waals surface area contributed by atoms with Crippen molar-refractivity contribution in [2.24, 2.45) is 0 Å². The van der Waals surface area contributed by atoms with Crippen molar-refractivity contribution in [2.45, 2.75) is 32.9 Å². The summed E-state index contributed by atoms with van der Waals surface area (Å²) >= 11 is 0. The molecule has 0 aliphatic carbocycles. The van der Waals surface area contributed by atoms with Crippen molar-refractivity contribution in [3.63, 3.8) is 0 Å². The zero-order valence-electron chi connectivity index (χ0n) is 12.9. The fourth-order valence-corrected chi connectivity index (χ4v) is 2.20. The lowest BCUT2D eigenvalue weighted by Gasteiger charge is -2.21. The Labute approximate surface area is 129 Å². The van der Waals surface area contributed by atoms with Crippen LogP contribution in [0.5, 0.6) is 0 Å². The van der Waals surface area contributed by atoms with Gasteiger partial charge < -0.3 is 5.32 Å². The molecule has 0 saturated heterocycles. The standard InChI is InChI=1S/C15H19N7/c1-15(2,3)22-14(18-10-20-22)8-17-12-4-6-13(7-5-12)21-11-16-9-19-21/h4-7,9-11,17H,8H2,1-3H3. The summed E-state index contributed by atoms with van der Waals surface area (Å²) in [5, 5.41) is 11.8. The summed E-state index contributed by atoms with van der Waals surface area (Å²) in [5.41, 5.74) is 1.91. The first-order valence-electron chi connectivity index (χ1n) is 7.12. The van der Waals surface area contributed by atoms with Crippen LogP contribution < -0.4 is 5.32 Å². The van der Waals surface area contributed by atoms with Gasteiger partial charge in [-0.1, -0.05) is 0 Å². The van der Waals surface area contributed by atoms with Crippen LogP contribution in [-0.4, -0.2) is 29.5 Å². The van der Waals surface area contributed by atoms with Gasteiger partial charge in [0.05, 0.1) is 17.8 Å². The van der Waals surface area contributed by atoms with Crippen molar-refractivity contribution in [3.8, 4) is 5.69 Å². The van der Waals surface area contributed by atoms with Gasteiger partial charge in [0.25, 0.3) is 0 Å². The average Bonchev–Trinajstić information content (AvgIpc) is 3.16. The Morgan fingerprint density at radius 2 is 1.82 bits per heavy atom. The molecule has 2 aromatic heterocycles. The lowest BCUT2D eigenvalue weighted by atomic mass is 10.1. The van der Waals surface area contributed by atoms with Crippen LogP contribution in [0.4, 0.5) is 5.69 Å². The Balaban J connectivity index is 1.69. The molecular formula is C15H19N7. The lowest BCUT2D eigenvalue weighted by Crippen LogP contribution is -2.26. The Morgan fingerprint density at radius 3 is 2.45 bits per heavy atom. The summed E-state index contributed by atoms with van der Waals surface area (Å²) in [5.74, 6) is 0.910. The van der Waals surface area contributed by atoms with E-state index < -0.39 is 0 Å². The molecule has 0 aliphatic rings. The van der Waals surface area contributed by atoms with Crippen LogP contribution in [0.2, 0.25) is 0 Å². The number of hydrogen-bond acceptors (Lipinski definition) is 5. The first-order chi connectivity index (χ1) is 10.5. The van der Waals surface area contributed by atoms with Gasteiger partial charge in [-0.25, -0.2) is 19.3 Å². The number of nitrogens with zero attached hydrogens (tertiary/aromatic N) is 6. The summed E-state index contributed by atoms with van der Waals surface area (Å²) < 4.78 is 3.66. The number of aromatic nitrogens is 6. The first kappa shape index (κ1) is 14.2. The van der Waals surface area contributed by atoms with Crippen molar-refractivity contribution in [1.29, 1.82) is 0 Å². The molecule has 1 N–H and O–H groups in total. The summed E-state index contributed by atoms with van der Waals surface area (Å²) in [6.45, 7) is 6.95. The molecule has 0 fully saturated rings. The van der Waals surface area contributed by atoms with Gasteiger partial charge in [0, 0.05) is 5.69 Å². The van der Waals surface area contributed by atoms with Gasteiger partial charge in [0.1, 0.15) is 24.8 Å². The van der Waals surface area contributed by atoms with E-state index in [4.69, 9.17) is 0 Å². The normalized spacial score (nSPS) is 11.6. The molecule has 0 spiro atoms. The maximum Gasteiger partial charge on any atom is 0.146 e. The quantitative estimate of drug-likeness (QED) is 0.799. The maximum absolute atomic E-state index is 4.32. The molecule has 0 aliphatic heterocycles. The molecule has 0 atom stereocenters. The van der Waals surface area contributed by atoms with E-state index in [0.29, 0.717) is 6.54 Å². The third-order valence-corrected chi connectivity index (χ3v) is 3.25. The third kappa shape index (κ3) is 2.98. The Morgan fingerprint density at radius 1 is 1.05 bits per heavy atom. The highest BCUT2D eigenvalue weighted by atomic mass is 15.4. The van der Waals surface area contributed by atoms with Gasteiger partial charge in [-0.3, -0.25) is 0 Å². The maximum atomic E-state index is 4.32. The van der Waals surface area contributed by atoms with Crippen LogP contribution >= 0.6 is 0 Å². The van der Waals surface area contributed by atoms with Crippen molar-refractivity contribution in [1.82, 2.24) is 29.5 Å². The summed E-state index contributed by atoms with van der Waals surface area (Å²) in [6, 6.07) is 8.00. The molecule has 22 heavy (non-hydrogen) atoms. The van der Waals surface area contributed by atoms with E-state index in [1.165, 1.54) is 6.33 Å². The van der Waals surface area contributed by atoms with E-state index in [-0.39, 0.29) is 5.54 Å². The molecule has 3 aromatic rings. The second-order valence-corrected chi connectivity index (χ2v) is 6.00. The molecule has 0 bridgehead atoms. The van der Waals surface area contributed by atoms with Gasteiger partial charge in [0.2, 0.25) is 0 Å². The average molecular weight is 297 g/mol. The van der Waals surface area contributed by atoms with Crippen molar-refractivity contribution in [2.75, 3.05) is 5.32 Å². The van der Waals surface area contributed by atoms with Crippen molar-refractivity contribution in [3.05, 3.63) is 49.1 Å². The molecule has 0 amide bonds. The highest BCUT2D eigenvalue weighted by Crippen LogP contribution is 2.16. The van der Waals surface area contributed by atoms with Crippen LogP contribution in [-0.2, 0) is 12.1 Å². The van der Waals surface area contributed by atoms with Crippen molar-refractivity contribution >= 4 is 5.69 Å². The third-order valence-electron chi connectivity index (χ3n) is 3.25. The van der Waals surface area contributed by atoms with Crippen LogP contribution in [0, 0.1) is 0 Å². The smallest absolute Gasteiger partial charge is 0.146 e. The second-order valence-electron chi connectivity index (χ2n) is 6.00. The minimum absolute atomic E-state index is 0.0789. The lowest BCUT2D eigenvalue weighted by molar-refractivity contribution is 0.343. The number of hydrogen-bond donors (Lipinski definition) is 1. The topological polar surface area (TPSA) is 73.5 Å². The van der Waals surface area contributed by atoms with Crippen LogP contribution in [0.15, 0.2) is 43.2 Å². The SMILES string of the molecule is CC(C)(C)n1ncnc1CNc1ccc(-n2cncn2)cc1. The molecule has 0 radical (unpaired) electrons. The van der Waals surface area contributed by atoms with E-state index in [0.717, 1.165) is 17.2 Å². The minimum Gasteiger partial charge on any atom is -0.378 e. The van der Waals surface area contributed by atoms with E-state index in [1.807, 2.05) is 28.9 Å². The molecule has 7 heteroatoms. The fraction of sp³-hybridized carbons (Fsp3) is 0.333. The Kier molecular flexibility index (Phi) is 3.62. The second kappa shape index (κ2) is 5.59. The summed E-state index contributed by atoms with van der Waals surface area (Å²) in [7, 11) is 0. The van der Waals surface area contributed by atoms with Gasteiger partial charge in [-0.15, -0.1) is 0 Å². The Hall–Kier alpha value is -2.70. The van der Waals surface area contributed by atoms with Gasteiger partial charge in [-0.2, -0.15) is 10.2 Å². The van der Waals surface area contributed by atoms with E-state index >= 15 is 0 Å². The number of rotatable bonds is 4. The fourth-order valence-electron chi connectivity index (χ4n) is 2.20. The predicted octanol–water partition coefficient (Wildman–Crippen LogP) is 2.23. The van der Waals surface area contributed by atoms with Crippen molar-refractivity contribution < 1.29 is 0 Å². The molecule has 2 heterocycles. The van der Waals surface area contributed by atoms with Gasteiger partial charge >= 0.3 is 0 Å². The summed E-state index contributed by atoms with van der Waals surface area (Å²) in [6.07, 6.45) is 4.79. The molecular weight excluding hydrogens is 278 g/mol. The number of nitrogens with one attached hydrogen (secondary N) is 1. The zero-order chi connectivity index (χ0) is 15.6.